The number of nitrogens with one attached hydrogen (secondary N) is 1. The number of hydrogen-bond donors (Lipinski definition) is 4. The summed E-state index contributed by atoms with van der Waals surface area (Å²) in [5, 5.41) is 6.86. The van der Waals surface area contributed by atoms with Crippen molar-refractivity contribution in [2.45, 2.75) is 40.8 Å². The number of nitrogens with two attached hydrogens (primary N) is 3. The number of benzene rings is 4. The van der Waals surface area contributed by atoms with Crippen molar-refractivity contribution in [1.29, 1.82) is 0 Å². The van der Waals surface area contributed by atoms with Crippen molar-refractivity contribution in [3.05, 3.63) is 203 Å². The summed E-state index contributed by atoms with van der Waals surface area (Å²) < 4.78 is 31.4. The van der Waals surface area contributed by atoms with Crippen LogP contribution < -0.4 is 22.5 Å². The fraction of sp³-hybridized carbons (Fsp3) is 0.132. The summed E-state index contributed by atoms with van der Waals surface area (Å²) in [4.78, 5) is 58.2. The summed E-state index contributed by atoms with van der Waals surface area (Å²) in [7, 11) is 1.33. The third kappa shape index (κ3) is 12.5. The van der Waals surface area contributed by atoms with E-state index in [1.807, 2.05) is 48.5 Å². The largest absolute Gasteiger partial charge is 0.465 e. The lowest BCUT2D eigenvalue weighted by molar-refractivity contribution is 0.0600. The van der Waals surface area contributed by atoms with Crippen molar-refractivity contribution in [2.75, 3.05) is 18.6 Å². The summed E-state index contributed by atoms with van der Waals surface area (Å²) in [6.07, 6.45) is 10.5. The van der Waals surface area contributed by atoms with E-state index in [0.29, 0.717) is 93.5 Å². The predicted octanol–water partition coefficient (Wildman–Crippen LogP) is 8.90. The quantitative estimate of drug-likeness (QED) is 0.0989. The highest BCUT2D eigenvalue weighted by molar-refractivity contribution is 5.95. The van der Waals surface area contributed by atoms with E-state index in [1.54, 1.807) is 67.4 Å². The van der Waals surface area contributed by atoms with Crippen LogP contribution in [0.5, 0.6) is 0 Å². The molecule has 17 heteroatoms. The van der Waals surface area contributed by atoms with E-state index in [-0.39, 0.29) is 32.4 Å². The minimum Gasteiger partial charge on any atom is -0.465 e. The summed E-state index contributed by atoms with van der Waals surface area (Å²) >= 11 is 0. The molecule has 0 aliphatic rings. The number of pyridine rings is 4. The Morgan fingerprint density at radius 3 is 1.56 bits per heavy atom. The first kappa shape index (κ1) is 50.5. The lowest BCUT2D eigenvalue weighted by Gasteiger charge is -2.08. The van der Waals surface area contributed by atoms with Gasteiger partial charge in [0, 0.05) is 103 Å². The van der Waals surface area contributed by atoms with Gasteiger partial charge in [0.25, 0.3) is 5.91 Å². The second-order valence-corrected chi connectivity index (χ2v) is 15.3. The van der Waals surface area contributed by atoms with Gasteiger partial charge in [-0.05, 0) is 94.7 Å². The predicted molar refractivity (Wildman–Crippen MR) is 269 cm³/mol. The lowest BCUT2D eigenvalue weighted by atomic mass is 10.1. The number of ether oxygens (including phenoxy) is 1. The topological polar surface area (TPSA) is 237 Å². The number of fused-ring (bicyclic) bond motifs is 4. The van der Waals surface area contributed by atoms with E-state index < -0.39 is 5.97 Å². The van der Waals surface area contributed by atoms with Crippen LogP contribution in [0.25, 0.3) is 43.6 Å². The standard InChI is InChI=1S/C25H19FN6O.C16H12FN3O2.C10H11N3.2CH4/c26-18-2-4-22-23(11-18)32-20(14-30-22)12-19-10-17(6-7-28-19)25(33)31-13-15-1-3-21-16(9-15)5-8-29-24(21)27;1-22-16(21)10-4-5-18-12(6-10)8-13-9-19-14-3-2-11(17)7-15(14)20-13;11-6-7-1-2-9-8(5-7)3-4-13-10(9)12;;/h1-11,14H,12-13H2,(H2,27,29)(H,31,33);2-7,9H,8H2,1H3;1-5H,6,11H2,(H2,12,13);2*1H4. The van der Waals surface area contributed by atoms with Crippen molar-refractivity contribution in [1.82, 2.24) is 45.2 Å². The first-order chi connectivity index (χ1) is 33.0. The van der Waals surface area contributed by atoms with E-state index in [0.717, 1.165) is 32.7 Å². The van der Waals surface area contributed by atoms with Crippen LogP contribution in [-0.4, -0.2) is 58.9 Å². The fourth-order valence-electron chi connectivity index (χ4n) is 7.15. The highest BCUT2D eigenvalue weighted by Gasteiger charge is 2.12. The number of aromatic nitrogens is 8. The molecule has 0 fully saturated rings. The Morgan fingerprint density at radius 1 is 0.543 bits per heavy atom. The summed E-state index contributed by atoms with van der Waals surface area (Å²) in [5.74, 6) is -0.299. The molecule has 354 valence electrons. The van der Waals surface area contributed by atoms with Gasteiger partial charge in [-0.1, -0.05) is 39.1 Å². The molecule has 0 saturated heterocycles. The molecule has 4 aromatic carbocycles. The van der Waals surface area contributed by atoms with E-state index in [2.05, 4.69) is 49.9 Å². The number of methoxy groups -OCH3 is 1. The highest BCUT2D eigenvalue weighted by atomic mass is 19.1. The normalized spacial score (nSPS) is 10.5. The monoisotopic (exact) mass is 940 g/mol. The molecule has 0 saturated carbocycles. The minimum absolute atomic E-state index is 0. The summed E-state index contributed by atoms with van der Waals surface area (Å²) in [6, 6.07) is 30.7. The Bertz CT molecular complexity index is 3470. The maximum Gasteiger partial charge on any atom is 0.337 e. The molecule has 0 aliphatic carbocycles. The van der Waals surface area contributed by atoms with Gasteiger partial charge in [0.15, 0.2) is 0 Å². The number of halogens is 2. The zero-order valence-electron chi connectivity index (χ0n) is 36.5. The number of esters is 1. The van der Waals surface area contributed by atoms with E-state index in [4.69, 9.17) is 17.2 Å². The lowest BCUT2D eigenvalue weighted by Crippen LogP contribution is -2.23. The van der Waals surface area contributed by atoms with Crippen LogP contribution in [0, 0.1) is 11.6 Å². The van der Waals surface area contributed by atoms with E-state index in [1.165, 1.54) is 37.6 Å². The number of nitrogen functional groups attached to an aromatic ring is 2. The van der Waals surface area contributed by atoms with Gasteiger partial charge in [0.1, 0.15) is 23.3 Å². The average molecular weight is 941 g/mol. The SMILES string of the molecule is C.C.COC(=O)c1ccnc(Cc2cnc3ccc(F)cc3n2)c1.NCc1ccc2c(N)nccc2c1.Nc1nccc2cc(CNC(=O)c3ccnc(Cc4cnc5ccc(F)cc5n4)c3)ccc12. The van der Waals surface area contributed by atoms with Gasteiger partial charge in [0.05, 0.1) is 46.1 Å². The molecule has 0 spiro atoms. The Balaban J connectivity index is 0.000000187. The highest BCUT2D eigenvalue weighted by Crippen LogP contribution is 2.22. The van der Waals surface area contributed by atoms with Crippen molar-refractivity contribution < 1.29 is 23.1 Å². The Kier molecular flexibility index (Phi) is 16.7. The molecule has 1 amide bonds. The van der Waals surface area contributed by atoms with Crippen LogP contribution in [-0.2, 0) is 30.7 Å². The van der Waals surface area contributed by atoms with Crippen molar-refractivity contribution in [2.24, 2.45) is 5.73 Å². The Morgan fingerprint density at radius 2 is 1.03 bits per heavy atom. The first-order valence-corrected chi connectivity index (χ1v) is 21.1. The number of carbonyl (C=O) groups excluding carboxylic acids is 2. The molecule has 0 radical (unpaired) electrons. The first-order valence-electron chi connectivity index (χ1n) is 21.1. The van der Waals surface area contributed by atoms with Gasteiger partial charge < -0.3 is 27.3 Å². The van der Waals surface area contributed by atoms with Crippen LogP contribution in [0.3, 0.4) is 0 Å². The average Bonchev–Trinajstić information content (AvgIpc) is 3.35. The number of amides is 1. The molecular weight excluding hydrogens is 891 g/mol. The van der Waals surface area contributed by atoms with Crippen LogP contribution in [0.1, 0.15) is 69.5 Å². The summed E-state index contributed by atoms with van der Waals surface area (Å²) in [5.41, 5.74) is 24.9. The van der Waals surface area contributed by atoms with Crippen molar-refractivity contribution in [3.8, 4) is 0 Å². The maximum absolute atomic E-state index is 13.5. The number of hydrogen-bond acceptors (Lipinski definition) is 14. The molecule has 7 N–H and O–H groups in total. The Labute approximate surface area is 402 Å². The number of anilines is 2. The second kappa shape index (κ2) is 23.2. The van der Waals surface area contributed by atoms with Gasteiger partial charge in [0.2, 0.25) is 0 Å². The zero-order chi connectivity index (χ0) is 47.6. The molecule has 0 aliphatic heterocycles. The van der Waals surface area contributed by atoms with E-state index >= 15 is 0 Å². The molecule has 6 aromatic heterocycles. The van der Waals surface area contributed by atoms with Crippen LogP contribution >= 0.6 is 0 Å². The third-order valence-electron chi connectivity index (χ3n) is 10.6. The molecule has 0 atom stereocenters. The molecule has 10 rings (SSSR count). The molecule has 70 heavy (non-hydrogen) atoms. The number of carbonyl (C=O) groups is 2. The minimum atomic E-state index is -0.421. The van der Waals surface area contributed by atoms with Gasteiger partial charge in [-0.3, -0.25) is 24.7 Å². The molecule has 10 aromatic rings. The van der Waals surface area contributed by atoms with Crippen LogP contribution in [0.15, 0.2) is 146 Å². The van der Waals surface area contributed by atoms with Crippen molar-refractivity contribution >= 4 is 67.1 Å². The van der Waals surface area contributed by atoms with E-state index in [9.17, 15) is 18.4 Å². The number of nitrogens with zero attached hydrogens (tertiary/aromatic N) is 8. The van der Waals surface area contributed by atoms with Gasteiger partial charge in [-0.2, -0.15) is 0 Å². The molecule has 15 nitrogen and oxygen atoms in total. The fourth-order valence-corrected chi connectivity index (χ4v) is 7.15. The van der Waals surface area contributed by atoms with Gasteiger partial charge >= 0.3 is 5.97 Å². The second-order valence-electron chi connectivity index (χ2n) is 15.3. The van der Waals surface area contributed by atoms with Gasteiger partial charge in [-0.25, -0.2) is 33.5 Å². The molecule has 6 heterocycles. The number of rotatable bonds is 9. The molecule has 0 bridgehead atoms. The zero-order valence-corrected chi connectivity index (χ0v) is 36.5. The molecule has 0 unspecified atom stereocenters. The molecular formula is C53H50F2N12O3. The van der Waals surface area contributed by atoms with Crippen LogP contribution in [0.4, 0.5) is 20.4 Å². The van der Waals surface area contributed by atoms with Crippen molar-refractivity contribution in [3.63, 3.8) is 0 Å². The maximum atomic E-state index is 13.5. The van der Waals surface area contributed by atoms with Gasteiger partial charge in [-0.15, -0.1) is 0 Å². The van der Waals surface area contributed by atoms with Crippen LogP contribution in [0.2, 0.25) is 0 Å². The summed E-state index contributed by atoms with van der Waals surface area (Å²) in [6.45, 7) is 0.925. The Hall–Kier alpha value is -8.96. The third-order valence-corrected chi connectivity index (χ3v) is 10.6. The smallest absolute Gasteiger partial charge is 0.337 e.